The molecule has 1 N–H and O–H groups in total. The largest absolute Gasteiger partial charge is 0.356 e. The first-order valence-corrected chi connectivity index (χ1v) is 5.60. The zero-order valence-corrected chi connectivity index (χ0v) is 12.4. The first kappa shape index (κ1) is 15.1. The molecule has 1 aliphatic heterocycles. The van der Waals surface area contributed by atoms with Crippen LogP contribution in [0.15, 0.2) is 23.2 Å². The lowest BCUT2D eigenvalue weighted by Crippen LogP contribution is -2.36. The monoisotopic (exact) mass is 367 g/mol. The predicted molar refractivity (Wildman–Crippen MR) is 78.4 cm³/mol. The molecule has 6 heteroatoms. The molecule has 0 radical (unpaired) electrons. The fraction of sp³-hybridized carbons (Fsp3) is 0.417. The Labute approximate surface area is 122 Å². The van der Waals surface area contributed by atoms with Crippen LogP contribution in [0, 0.1) is 11.6 Å². The molecular formula is C12H16F2IN3. The molecule has 0 unspecified atom stereocenters. The minimum atomic E-state index is -0.406. The Morgan fingerprint density at radius 1 is 1.39 bits per heavy atom. The maximum Gasteiger partial charge on any atom is 0.193 e. The van der Waals surface area contributed by atoms with Crippen molar-refractivity contribution < 1.29 is 8.78 Å². The van der Waals surface area contributed by atoms with Crippen LogP contribution in [0.5, 0.6) is 0 Å². The number of nitrogens with zero attached hydrogens (tertiary/aromatic N) is 2. The van der Waals surface area contributed by atoms with Crippen molar-refractivity contribution in [3.05, 3.63) is 35.4 Å². The molecule has 3 nitrogen and oxygen atoms in total. The van der Waals surface area contributed by atoms with Gasteiger partial charge in [0.1, 0.15) is 11.6 Å². The molecule has 1 aliphatic rings. The highest BCUT2D eigenvalue weighted by Crippen LogP contribution is 2.09. The van der Waals surface area contributed by atoms with E-state index in [9.17, 15) is 8.78 Å². The molecule has 0 saturated heterocycles. The molecule has 0 fully saturated rings. The summed E-state index contributed by atoms with van der Waals surface area (Å²) >= 11 is 0. The van der Waals surface area contributed by atoms with Crippen molar-refractivity contribution in [2.24, 2.45) is 4.99 Å². The minimum absolute atomic E-state index is 0. The highest BCUT2D eigenvalue weighted by Gasteiger charge is 2.11. The molecule has 1 aromatic carbocycles. The maximum atomic E-state index is 13.3. The van der Waals surface area contributed by atoms with Crippen LogP contribution in [0.4, 0.5) is 8.78 Å². The van der Waals surface area contributed by atoms with Gasteiger partial charge in [-0.05, 0) is 30.2 Å². The number of nitrogens with one attached hydrogen (secondary N) is 1. The summed E-state index contributed by atoms with van der Waals surface area (Å²) in [6.45, 7) is 2.23. The lowest BCUT2D eigenvalue weighted by molar-refractivity contribution is 0.532. The number of aliphatic imine (C=N–C) groups is 1. The van der Waals surface area contributed by atoms with Crippen molar-refractivity contribution in [2.45, 2.75) is 6.42 Å². The normalized spacial score (nSPS) is 14.2. The SMILES string of the molecule is CN1CCN=C1NCCc1cc(F)ccc1F.I. The van der Waals surface area contributed by atoms with E-state index in [1.165, 1.54) is 6.07 Å². The van der Waals surface area contributed by atoms with Gasteiger partial charge in [-0.15, -0.1) is 24.0 Å². The zero-order chi connectivity index (χ0) is 12.3. The summed E-state index contributed by atoms with van der Waals surface area (Å²) in [5.74, 6) is 0.0495. The van der Waals surface area contributed by atoms with Crippen molar-refractivity contribution in [3.63, 3.8) is 0 Å². The number of halogens is 3. The van der Waals surface area contributed by atoms with Gasteiger partial charge in [0, 0.05) is 20.1 Å². The molecule has 1 aromatic rings. The maximum absolute atomic E-state index is 13.3. The molecule has 0 bridgehead atoms. The summed E-state index contributed by atoms with van der Waals surface area (Å²) in [4.78, 5) is 6.25. The Bertz CT molecular complexity index is 437. The van der Waals surface area contributed by atoms with Crippen molar-refractivity contribution in [1.29, 1.82) is 0 Å². The van der Waals surface area contributed by atoms with Crippen molar-refractivity contribution in [3.8, 4) is 0 Å². The molecule has 100 valence electrons. The van der Waals surface area contributed by atoms with Crippen molar-refractivity contribution in [2.75, 3.05) is 26.7 Å². The van der Waals surface area contributed by atoms with Gasteiger partial charge in [-0.1, -0.05) is 0 Å². The molecule has 0 amide bonds. The first-order valence-electron chi connectivity index (χ1n) is 5.60. The van der Waals surface area contributed by atoms with E-state index in [0.29, 0.717) is 18.5 Å². The molecule has 0 atom stereocenters. The van der Waals surface area contributed by atoms with Crippen LogP contribution in [0.1, 0.15) is 5.56 Å². The summed E-state index contributed by atoms with van der Waals surface area (Å²) in [5.41, 5.74) is 0.388. The summed E-state index contributed by atoms with van der Waals surface area (Å²) in [7, 11) is 1.95. The summed E-state index contributed by atoms with van der Waals surface area (Å²) in [6.07, 6.45) is 0.441. The van der Waals surface area contributed by atoms with Crippen LogP contribution >= 0.6 is 24.0 Å². The minimum Gasteiger partial charge on any atom is -0.356 e. The smallest absolute Gasteiger partial charge is 0.193 e. The second-order valence-electron chi connectivity index (χ2n) is 4.04. The average Bonchev–Trinajstić information content (AvgIpc) is 2.70. The van der Waals surface area contributed by atoms with Gasteiger partial charge in [0.2, 0.25) is 0 Å². The number of hydrogen-bond donors (Lipinski definition) is 1. The van der Waals surface area contributed by atoms with Crippen LogP contribution in [0.2, 0.25) is 0 Å². The molecule has 0 saturated carbocycles. The van der Waals surface area contributed by atoms with E-state index in [-0.39, 0.29) is 29.8 Å². The van der Waals surface area contributed by atoms with Gasteiger partial charge in [-0.2, -0.15) is 0 Å². The lowest BCUT2D eigenvalue weighted by atomic mass is 10.1. The van der Waals surface area contributed by atoms with Gasteiger partial charge in [0.25, 0.3) is 0 Å². The Morgan fingerprint density at radius 3 is 2.83 bits per heavy atom. The third-order valence-electron chi connectivity index (χ3n) is 2.74. The fourth-order valence-electron chi connectivity index (χ4n) is 1.77. The number of likely N-dealkylation sites (N-methyl/N-ethyl adjacent to an activating group) is 1. The number of benzene rings is 1. The van der Waals surface area contributed by atoms with Gasteiger partial charge >= 0.3 is 0 Å². The van der Waals surface area contributed by atoms with E-state index in [4.69, 9.17) is 0 Å². The van der Waals surface area contributed by atoms with E-state index in [1.807, 2.05) is 11.9 Å². The van der Waals surface area contributed by atoms with Crippen molar-refractivity contribution in [1.82, 2.24) is 10.2 Å². The van der Waals surface area contributed by atoms with E-state index in [2.05, 4.69) is 10.3 Å². The van der Waals surface area contributed by atoms with E-state index in [1.54, 1.807) is 0 Å². The topological polar surface area (TPSA) is 27.6 Å². The van der Waals surface area contributed by atoms with Gasteiger partial charge in [0.05, 0.1) is 6.54 Å². The third-order valence-corrected chi connectivity index (χ3v) is 2.74. The third kappa shape index (κ3) is 3.79. The van der Waals surface area contributed by atoms with Crippen LogP contribution in [0.3, 0.4) is 0 Å². The standard InChI is InChI=1S/C12H15F2N3.HI/c1-17-7-6-16-12(17)15-5-4-9-8-10(13)2-3-11(9)14;/h2-3,8H,4-7H2,1H3,(H,15,16);1H. The highest BCUT2D eigenvalue weighted by molar-refractivity contribution is 14.0. The molecular weight excluding hydrogens is 351 g/mol. The second kappa shape index (κ2) is 6.86. The molecule has 0 aromatic heterocycles. The Hall–Kier alpha value is -0.920. The van der Waals surface area contributed by atoms with Gasteiger partial charge < -0.3 is 10.2 Å². The summed E-state index contributed by atoms with van der Waals surface area (Å²) in [6, 6.07) is 3.52. The molecule has 0 spiro atoms. The molecule has 1 heterocycles. The van der Waals surface area contributed by atoms with E-state index >= 15 is 0 Å². The van der Waals surface area contributed by atoms with Crippen LogP contribution in [0.25, 0.3) is 0 Å². The van der Waals surface area contributed by atoms with E-state index < -0.39 is 5.82 Å². The average molecular weight is 367 g/mol. The van der Waals surface area contributed by atoms with E-state index in [0.717, 1.165) is 31.2 Å². The van der Waals surface area contributed by atoms with Gasteiger partial charge in [0.15, 0.2) is 5.96 Å². The predicted octanol–water partition coefficient (Wildman–Crippen LogP) is 2.02. The molecule has 2 rings (SSSR count). The van der Waals surface area contributed by atoms with Gasteiger partial charge in [-0.3, -0.25) is 4.99 Å². The summed E-state index contributed by atoms with van der Waals surface area (Å²) in [5, 5.41) is 3.11. The lowest BCUT2D eigenvalue weighted by Gasteiger charge is -2.15. The Balaban J connectivity index is 0.00000162. The highest BCUT2D eigenvalue weighted by atomic mass is 127. The number of rotatable bonds is 3. The van der Waals surface area contributed by atoms with Crippen molar-refractivity contribution >= 4 is 29.9 Å². The van der Waals surface area contributed by atoms with Crippen LogP contribution in [-0.2, 0) is 6.42 Å². The molecule has 0 aliphatic carbocycles. The first-order chi connectivity index (χ1) is 8.16. The summed E-state index contributed by atoms with van der Waals surface area (Å²) < 4.78 is 26.2. The zero-order valence-electron chi connectivity index (χ0n) is 10.1. The number of guanidine groups is 1. The quantitative estimate of drug-likeness (QED) is 0.828. The Kier molecular flexibility index (Phi) is 5.77. The second-order valence-corrected chi connectivity index (χ2v) is 4.04. The van der Waals surface area contributed by atoms with Crippen LogP contribution < -0.4 is 5.32 Å². The molecule has 18 heavy (non-hydrogen) atoms. The fourth-order valence-corrected chi connectivity index (χ4v) is 1.77. The Morgan fingerprint density at radius 2 is 2.17 bits per heavy atom. The van der Waals surface area contributed by atoms with Gasteiger partial charge in [-0.25, -0.2) is 8.78 Å². The van der Waals surface area contributed by atoms with Crippen LogP contribution in [-0.4, -0.2) is 37.5 Å². The number of hydrogen-bond acceptors (Lipinski definition) is 3.